The van der Waals surface area contributed by atoms with Gasteiger partial charge < -0.3 is 15.0 Å². The monoisotopic (exact) mass is 291 g/mol. The first-order valence-electron chi connectivity index (χ1n) is 6.98. The van der Waals surface area contributed by atoms with Gasteiger partial charge in [-0.15, -0.1) is 0 Å². The van der Waals surface area contributed by atoms with Gasteiger partial charge in [0.1, 0.15) is 12.3 Å². The first-order chi connectivity index (χ1) is 10.1. The predicted molar refractivity (Wildman–Crippen MR) is 79.0 cm³/mol. The summed E-state index contributed by atoms with van der Waals surface area (Å²) in [6.45, 7) is 4.05. The van der Waals surface area contributed by atoms with Gasteiger partial charge in [0.05, 0.1) is 13.7 Å². The lowest BCUT2D eigenvalue weighted by atomic mass is 10.1. The number of hydrogen-bond acceptors (Lipinski definition) is 4. The second-order valence-electron chi connectivity index (χ2n) is 5.05. The minimum absolute atomic E-state index is 0.137. The van der Waals surface area contributed by atoms with Crippen LogP contribution in [0.1, 0.15) is 18.1 Å². The molecule has 1 aromatic rings. The van der Waals surface area contributed by atoms with E-state index in [9.17, 15) is 9.59 Å². The highest BCUT2D eigenvalue weighted by atomic mass is 16.5. The fraction of sp³-hybridized carbons (Fsp3) is 0.467. The van der Waals surface area contributed by atoms with Crippen molar-refractivity contribution in [2.75, 3.05) is 27.2 Å². The molecule has 3 amide bonds. The maximum Gasteiger partial charge on any atom is 0.327 e. The standard InChI is InChI=1S/C15H21N3O3/c1-4-16-8-11-5-6-13(21-3)12(7-11)9-18-14(19)10-17(2)15(18)20/h5-7,16H,4,8-10H2,1-3H3. The van der Waals surface area contributed by atoms with Crippen molar-refractivity contribution in [3.63, 3.8) is 0 Å². The molecule has 0 radical (unpaired) electrons. The Morgan fingerprint density at radius 3 is 2.67 bits per heavy atom. The van der Waals surface area contributed by atoms with Gasteiger partial charge in [-0.25, -0.2) is 4.79 Å². The van der Waals surface area contributed by atoms with Crippen molar-refractivity contribution in [1.82, 2.24) is 15.1 Å². The van der Waals surface area contributed by atoms with Crippen LogP contribution in [0.15, 0.2) is 18.2 Å². The Morgan fingerprint density at radius 2 is 2.10 bits per heavy atom. The molecule has 1 heterocycles. The molecule has 0 bridgehead atoms. The molecule has 1 N–H and O–H groups in total. The van der Waals surface area contributed by atoms with Gasteiger partial charge in [0.25, 0.3) is 5.91 Å². The van der Waals surface area contributed by atoms with E-state index >= 15 is 0 Å². The summed E-state index contributed by atoms with van der Waals surface area (Å²) >= 11 is 0. The fourth-order valence-electron chi connectivity index (χ4n) is 2.33. The molecular weight excluding hydrogens is 270 g/mol. The number of carbonyl (C=O) groups excluding carboxylic acids is 2. The molecule has 1 fully saturated rings. The lowest BCUT2D eigenvalue weighted by Crippen LogP contribution is -2.31. The molecule has 6 heteroatoms. The Morgan fingerprint density at radius 1 is 1.33 bits per heavy atom. The summed E-state index contributed by atoms with van der Waals surface area (Å²) in [7, 11) is 3.21. The molecule has 0 saturated carbocycles. The molecule has 0 unspecified atom stereocenters. The Labute approximate surface area is 124 Å². The second-order valence-corrected chi connectivity index (χ2v) is 5.05. The number of nitrogens with one attached hydrogen (secondary N) is 1. The summed E-state index contributed by atoms with van der Waals surface area (Å²) in [6.07, 6.45) is 0. The molecule has 114 valence electrons. The van der Waals surface area contributed by atoms with Crippen LogP contribution in [-0.2, 0) is 17.9 Å². The highest BCUT2D eigenvalue weighted by Crippen LogP contribution is 2.23. The zero-order valence-electron chi connectivity index (χ0n) is 12.7. The normalized spacial score (nSPS) is 15.0. The summed E-state index contributed by atoms with van der Waals surface area (Å²) in [4.78, 5) is 26.5. The summed E-state index contributed by atoms with van der Waals surface area (Å²) < 4.78 is 5.33. The van der Waals surface area contributed by atoms with Crippen molar-refractivity contribution >= 4 is 11.9 Å². The number of imide groups is 1. The number of urea groups is 1. The maximum atomic E-state index is 12.0. The van der Waals surface area contributed by atoms with Gasteiger partial charge in [0.15, 0.2) is 0 Å². The van der Waals surface area contributed by atoms with Crippen molar-refractivity contribution in [2.24, 2.45) is 0 Å². The van der Waals surface area contributed by atoms with E-state index in [-0.39, 0.29) is 25.0 Å². The lowest BCUT2D eigenvalue weighted by Gasteiger charge is -2.17. The molecule has 0 aliphatic carbocycles. The number of ether oxygens (including phenoxy) is 1. The second kappa shape index (κ2) is 6.58. The van der Waals surface area contributed by atoms with Gasteiger partial charge >= 0.3 is 6.03 Å². The lowest BCUT2D eigenvalue weighted by molar-refractivity contribution is -0.125. The van der Waals surface area contributed by atoms with Crippen molar-refractivity contribution < 1.29 is 14.3 Å². The molecule has 2 rings (SSSR count). The average Bonchev–Trinajstić information content (AvgIpc) is 2.72. The topological polar surface area (TPSA) is 61.9 Å². The minimum Gasteiger partial charge on any atom is -0.496 e. The smallest absolute Gasteiger partial charge is 0.327 e. The number of rotatable bonds is 6. The van der Waals surface area contributed by atoms with E-state index in [0.717, 1.165) is 24.2 Å². The van der Waals surface area contributed by atoms with Crippen molar-refractivity contribution in [3.8, 4) is 5.75 Å². The number of amides is 3. The highest BCUT2D eigenvalue weighted by Gasteiger charge is 2.33. The van der Waals surface area contributed by atoms with Crippen LogP contribution < -0.4 is 10.1 Å². The molecule has 1 aliphatic rings. The Bertz CT molecular complexity index is 545. The summed E-state index contributed by atoms with van der Waals surface area (Å²) in [5.74, 6) is 0.507. The van der Waals surface area contributed by atoms with E-state index in [4.69, 9.17) is 4.74 Å². The van der Waals surface area contributed by atoms with Crippen LogP contribution in [0.4, 0.5) is 4.79 Å². The van der Waals surface area contributed by atoms with Gasteiger partial charge in [-0.2, -0.15) is 0 Å². The SMILES string of the molecule is CCNCc1ccc(OC)c(CN2C(=O)CN(C)C2=O)c1. The third-order valence-electron chi connectivity index (χ3n) is 3.48. The summed E-state index contributed by atoms with van der Waals surface area (Å²) in [5.41, 5.74) is 1.94. The molecule has 0 spiro atoms. The summed E-state index contributed by atoms with van der Waals surface area (Å²) in [6, 6.07) is 5.56. The summed E-state index contributed by atoms with van der Waals surface area (Å²) in [5, 5.41) is 3.25. The first kappa shape index (κ1) is 15.3. The van der Waals surface area contributed by atoms with Crippen LogP contribution in [0.2, 0.25) is 0 Å². The molecule has 1 aliphatic heterocycles. The average molecular weight is 291 g/mol. The predicted octanol–water partition coefficient (Wildman–Crippen LogP) is 1.20. The van der Waals surface area contributed by atoms with E-state index in [0.29, 0.717) is 5.75 Å². The molecule has 6 nitrogen and oxygen atoms in total. The van der Waals surface area contributed by atoms with E-state index in [2.05, 4.69) is 5.32 Å². The quantitative estimate of drug-likeness (QED) is 0.800. The Hall–Kier alpha value is -2.08. The largest absolute Gasteiger partial charge is 0.496 e. The number of carbonyl (C=O) groups is 2. The molecule has 0 aromatic heterocycles. The Balaban J connectivity index is 2.21. The minimum atomic E-state index is -0.265. The van der Waals surface area contributed by atoms with Crippen LogP contribution in [-0.4, -0.2) is 49.0 Å². The molecular formula is C15H21N3O3. The number of methoxy groups -OCH3 is 1. The molecule has 1 aromatic carbocycles. The van der Waals surface area contributed by atoms with Crippen molar-refractivity contribution in [1.29, 1.82) is 0 Å². The van der Waals surface area contributed by atoms with E-state index in [1.54, 1.807) is 14.2 Å². The van der Waals surface area contributed by atoms with Crippen molar-refractivity contribution in [2.45, 2.75) is 20.0 Å². The third kappa shape index (κ3) is 3.33. The van der Waals surface area contributed by atoms with Gasteiger partial charge in [0.2, 0.25) is 0 Å². The molecule has 1 saturated heterocycles. The number of likely N-dealkylation sites (N-methyl/N-ethyl adjacent to an activating group) is 1. The van der Waals surface area contributed by atoms with Crippen LogP contribution in [0, 0.1) is 0 Å². The first-order valence-corrected chi connectivity index (χ1v) is 6.98. The van der Waals surface area contributed by atoms with E-state index in [1.165, 1.54) is 9.80 Å². The highest BCUT2D eigenvalue weighted by molar-refractivity contribution is 6.01. The fourth-order valence-corrected chi connectivity index (χ4v) is 2.33. The van der Waals surface area contributed by atoms with Crippen LogP contribution in [0.3, 0.4) is 0 Å². The van der Waals surface area contributed by atoms with Crippen molar-refractivity contribution in [3.05, 3.63) is 29.3 Å². The van der Waals surface area contributed by atoms with Crippen LogP contribution in [0.5, 0.6) is 5.75 Å². The molecule has 21 heavy (non-hydrogen) atoms. The third-order valence-corrected chi connectivity index (χ3v) is 3.48. The zero-order chi connectivity index (χ0) is 15.4. The maximum absolute atomic E-state index is 12.0. The molecule has 0 atom stereocenters. The van der Waals surface area contributed by atoms with Gasteiger partial charge in [-0.3, -0.25) is 9.69 Å². The number of benzene rings is 1. The number of hydrogen-bond donors (Lipinski definition) is 1. The Kier molecular flexibility index (Phi) is 4.80. The van der Waals surface area contributed by atoms with Gasteiger partial charge in [-0.1, -0.05) is 13.0 Å². The van der Waals surface area contributed by atoms with Gasteiger partial charge in [-0.05, 0) is 24.2 Å². The zero-order valence-corrected chi connectivity index (χ0v) is 12.7. The van der Waals surface area contributed by atoms with Gasteiger partial charge in [0, 0.05) is 19.2 Å². The van der Waals surface area contributed by atoms with E-state index in [1.807, 2.05) is 25.1 Å². The van der Waals surface area contributed by atoms with Crippen LogP contribution in [0.25, 0.3) is 0 Å². The van der Waals surface area contributed by atoms with Crippen LogP contribution >= 0.6 is 0 Å². The number of nitrogens with zero attached hydrogens (tertiary/aromatic N) is 2. The van der Waals surface area contributed by atoms with E-state index < -0.39 is 0 Å².